The van der Waals surface area contributed by atoms with E-state index in [0.29, 0.717) is 0 Å². The lowest BCUT2D eigenvalue weighted by Crippen LogP contribution is -2.37. The number of hydrogen-bond donors (Lipinski definition) is 0. The van der Waals surface area contributed by atoms with E-state index in [2.05, 4.69) is 187 Å². The van der Waals surface area contributed by atoms with E-state index >= 15 is 0 Å². The lowest BCUT2D eigenvalue weighted by Gasteiger charge is -2.20. The summed E-state index contributed by atoms with van der Waals surface area (Å²) in [5.74, 6) is 0. The average Bonchev–Trinajstić information content (AvgIpc) is 3.49. The molecule has 7 rings (SSSR count). The first-order valence-corrected chi connectivity index (χ1v) is 24.6. The van der Waals surface area contributed by atoms with E-state index in [1.807, 2.05) is 0 Å². The third kappa shape index (κ3) is 5.47. The van der Waals surface area contributed by atoms with Gasteiger partial charge in [-0.2, -0.15) is 0 Å². The Hall–Kier alpha value is -3.87. The molecule has 0 aliphatic rings. The van der Waals surface area contributed by atoms with Crippen LogP contribution >= 0.6 is 0 Å². The quantitative estimate of drug-likeness (QED) is 0.166. The molecule has 0 radical (unpaired) electrons. The first-order valence-electron chi connectivity index (χ1n) is 17.6. The van der Waals surface area contributed by atoms with Gasteiger partial charge in [-0.15, -0.1) is 0 Å². The van der Waals surface area contributed by atoms with Gasteiger partial charge in [0.2, 0.25) is 0 Å². The zero-order valence-electron chi connectivity index (χ0n) is 31.1. The van der Waals surface area contributed by atoms with Crippen molar-refractivity contribution in [2.24, 2.45) is 0 Å². The number of rotatable bonds is 4. The van der Waals surface area contributed by atoms with Crippen molar-refractivity contribution in [2.75, 3.05) is 0 Å². The Labute approximate surface area is 289 Å². The molecule has 0 bridgehead atoms. The molecule has 2 nitrogen and oxygen atoms in total. The molecule has 246 valence electrons. The molecule has 0 unspecified atom stereocenters. The van der Waals surface area contributed by atoms with E-state index in [1.165, 1.54) is 76.5 Å². The molecule has 0 aliphatic carbocycles. The molecule has 5 aromatic carbocycles. The molecule has 7 aromatic rings. The zero-order chi connectivity index (χ0) is 34.6. The number of hydrogen-bond acceptors (Lipinski definition) is 0. The summed E-state index contributed by atoms with van der Waals surface area (Å²) < 4.78 is 5.05. The van der Waals surface area contributed by atoms with Gasteiger partial charge in [-0.3, -0.25) is 0 Å². The Kier molecular flexibility index (Phi) is 7.36. The summed E-state index contributed by atoms with van der Waals surface area (Å²) >= 11 is 0. The molecule has 4 heteroatoms. The first-order chi connectivity index (χ1) is 22.3. The molecule has 2 heterocycles. The minimum absolute atomic E-state index is 0.109. The van der Waals surface area contributed by atoms with Crippen LogP contribution in [-0.2, 0) is 10.8 Å². The van der Waals surface area contributed by atoms with Gasteiger partial charge in [-0.25, -0.2) is 0 Å². The Morgan fingerprint density at radius 1 is 0.375 bits per heavy atom. The van der Waals surface area contributed by atoms with Crippen molar-refractivity contribution in [1.29, 1.82) is 0 Å². The number of benzene rings is 5. The molecule has 0 saturated carbocycles. The highest BCUT2D eigenvalue weighted by atomic mass is 28.3. The van der Waals surface area contributed by atoms with Crippen molar-refractivity contribution in [3.8, 4) is 11.4 Å². The zero-order valence-corrected chi connectivity index (χ0v) is 33.1. The lowest BCUT2D eigenvalue weighted by molar-refractivity contribution is 0.590. The van der Waals surface area contributed by atoms with E-state index in [1.54, 1.807) is 0 Å². The maximum atomic E-state index is 2.53. The summed E-state index contributed by atoms with van der Waals surface area (Å²) in [5.41, 5.74) is 10.5. The monoisotopic (exact) mass is 664 g/mol. The Bertz CT molecular complexity index is 2170. The van der Waals surface area contributed by atoms with E-state index in [0.717, 1.165) is 0 Å². The van der Waals surface area contributed by atoms with Gasteiger partial charge < -0.3 is 9.13 Å². The van der Waals surface area contributed by atoms with Gasteiger partial charge in [0, 0.05) is 32.9 Å². The van der Waals surface area contributed by atoms with Gasteiger partial charge in [0.05, 0.1) is 38.2 Å². The van der Waals surface area contributed by atoms with Gasteiger partial charge in [0.25, 0.3) is 0 Å². The molecular weight excluding hydrogens is 613 g/mol. The first kappa shape index (κ1) is 32.7. The average molecular weight is 665 g/mol. The minimum atomic E-state index is -1.53. The Morgan fingerprint density at radius 2 is 0.688 bits per heavy atom. The smallest absolute Gasteiger partial charge is 0.0776 e. The van der Waals surface area contributed by atoms with Crippen LogP contribution in [0.3, 0.4) is 0 Å². The summed E-state index contributed by atoms with van der Waals surface area (Å²) in [6.45, 7) is 28.4. The van der Waals surface area contributed by atoms with Crippen LogP contribution in [0.1, 0.15) is 52.7 Å². The van der Waals surface area contributed by atoms with Crippen LogP contribution in [0, 0.1) is 0 Å². The van der Waals surface area contributed by atoms with Crippen molar-refractivity contribution in [1.82, 2.24) is 9.13 Å². The van der Waals surface area contributed by atoms with Gasteiger partial charge >= 0.3 is 0 Å². The van der Waals surface area contributed by atoms with Crippen LogP contribution in [0.5, 0.6) is 0 Å². The molecule has 0 aliphatic heterocycles. The molecule has 48 heavy (non-hydrogen) atoms. The normalized spacial score (nSPS) is 13.4. The second kappa shape index (κ2) is 10.8. The van der Waals surface area contributed by atoms with Crippen LogP contribution in [0.2, 0.25) is 39.3 Å². The number of fused-ring (bicyclic) bond motifs is 6. The fourth-order valence-electron chi connectivity index (χ4n) is 7.24. The molecule has 0 N–H and O–H groups in total. The number of nitrogens with zero attached hydrogens (tertiary/aromatic N) is 2. The van der Waals surface area contributed by atoms with Gasteiger partial charge in [-0.1, -0.05) is 140 Å². The lowest BCUT2D eigenvalue weighted by atomic mass is 9.87. The molecule has 0 atom stereocenters. The highest BCUT2D eigenvalue weighted by Gasteiger charge is 2.24. The van der Waals surface area contributed by atoms with Crippen molar-refractivity contribution >= 4 is 70.1 Å². The Balaban J connectivity index is 1.60. The van der Waals surface area contributed by atoms with Crippen molar-refractivity contribution < 1.29 is 0 Å². The summed E-state index contributed by atoms with van der Waals surface area (Å²) in [6.07, 6.45) is 0. The van der Waals surface area contributed by atoms with Crippen LogP contribution in [0.25, 0.3) is 55.0 Å². The topological polar surface area (TPSA) is 9.86 Å². The fraction of sp³-hybridized carbons (Fsp3) is 0.318. The summed E-state index contributed by atoms with van der Waals surface area (Å²) in [5, 5.41) is 8.22. The van der Waals surface area contributed by atoms with Crippen LogP contribution < -0.4 is 10.4 Å². The summed E-state index contributed by atoms with van der Waals surface area (Å²) in [7, 11) is -3.07. The van der Waals surface area contributed by atoms with Crippen molar-refractivity contribution in [3.05, 3.63) is 108 Å². The predicted molar refractivity (Wildman–Crippen MR) is 218 cm³/mol. The van der Waals surface area contributed by atoms with Crippen molar-refractivity contribution in [3.63, 3.8) is 0 Å². The molecule has 0 fully saturated rings. The van der Waals surface area contributed by atoms with E-state index in [9.17, 15) is 0 Å². The summed E-state index contributed by atoms with van der Waals surface area (Å²) in [4.78, 5) is 0. The SMILES string of the molecule is CC(C)(C)c1ccc(-n2c3cc([Si](C)(C)C)ccc3c3cc4c(cc32)c2ccc([Si](C)(C)C)cc2n4-c2ccc(C(C)(C)C)cc2)cc1. The van der Waals surface area contributed by atoms with Crippen molar-refractivity contribution in [2.45, 2.75) is 91.7 Å². The van der Waals surface area contributed by atoms with Gasteiger partial charge in [-0.05, 0) is 70.5 Å². The van der Waals surface area contributed by atoms with E-state index < -0.39 is 16.1 Å². The number of aromatic nitrogens is 2. The third-order valence-electron chi connectivity index (χ3n) is 10.4. The van der Waals surface area contributed by atoms with Crippen LogP contribution in [0.15, 0.2) is 97.1 Å². The standard InChI is InChI=1S/C44H52N2Si2/c1-43(2,3)29-13-17-31(18-14-29)45-39-25-33(47(7,8)9)21-23-35(39)37-28-42-38(27-41(37)45)36-24-22-34(48(10,11)12)26-40(36)46(42)32-19-15-30(16-20-32)44(4,5)6/h13-28H,1-12H3. The van der Waals surface area contributed by atoms with Crippen LogP contribution in [-0.4, -0.2) is 25.3 Å². The largest absolute Gasteiger partial charge is 0.309 e. The fourth-order valence-corrected chi connectivity index (χ4v) is 9.54. The highest BCUT2D eigenvalue weighted by molar-refractivity contribution is 6.89. The maximum absolute atomic E-state index is 2.53. The second-order valence-corrected chi connectivity index (χ2v) is 28.3. The molecule has 0 saturated heterocycles. The highest BCUT2D eigenvalue weighted by Crippen LogP contribution is 2.40. The summed E-state index contributed by atoms with van der Waals surface area (Å²) in [6, 6.07) is 38.1. The van der Waals surface area contributed by atoms with Gasteiger partial charge in [0.15, 0.2) is 0 Å². The second-order valence-electron chi connectivity index (χ2n) is 18.1. The molecule has 0 spiro atoms. The maximum Gasteiger partial charge on any atom is 0.0776 e. The predicted octanol–water partition coefficient (Wildman–Crippen LogP) is 11.6. The molecular formula is C44H52N2Si2. The molecule has 0 amide bonds. The van der Waals surface area contributed by atoms with Crippen LogP contribution in [0.4, 0.5) is 0 Å². The van der Waals surface area contributed by atoms with Gasteiger partial charge in [0.1, 0.15) is 0 Å². The van der Waals surface area contributed by atoms with E-state index in [-0.39, 0.29) is 10.8 Å². The third-order valence-corrected chi connectivity index (χ3v) is 14.5. The minimum Gasteiger partial charge on any atom is -0.309 e. The molecule has 2 aromatic heterocycles. The Morgan fingerprint density at radius 3 is 0.979 bits per heavy atom. The van der Waals surface area contributed by atoms with E-state index in [4.69, 9.17) is 0 Å².